The second kappa shape index (κ2) is 7.14. The van der Waals surface area contributed by atoms with Crippen LogP contribution in [-0.2, 0) is 9.59 Å². The van der Waals surface area contributed by atoms with E-state index in [-0.39, 0.29) is 24.6 Å². The maximum atomic E-state index is 13.4. The molecule has 1 saturated heterocycles. The van der Waals surface area contributed by atoms with E-state index in [2.05, 4.69) is 5.32 Å². The number of halogens is 1. The minimum absolute atomic E-state index is 0.0441. The van der Waals surface area contributed by atoms with Crippen molar-refractivity contribution in [1.82, 2.24) is 0 Å². The fraction of sp³-hybridized carbons (Fsp3) is 0.263. The molecule has 1 fully saturated rings. The minimum Gasteiger partial charge on any atom is -0.326 e. The molecule has 1 atom stereocenters. The Bertz CT molecular complexity index is 945. The van der Waals surface area contributed by atoms with Crippen LogP contribution in [0.5, 0.6) is 0 Å². The highest BCUT2D eigenvalue weighted by Crippen LogP contribution is 2.30. The van der Waals surface area contributed by atoms with Crippen molar-refractivity contribution in [2.75, 3.05) is 16.8 Å². The van der Waals surface area contributed by atoms with E-state index in [9.17, 15) is 24.1 Å². The Kier molecular flexibility index (Phi) is 4.89. The van der Waals surface area contributed by atoms with Gasteiger partial charge in [0.15, 0.2) is 0 Å². The molecule has 0 spiro atoms. The number of nitro groups is 1. The van der Waals surface area contributed by atoms with Gasteiger partial charge in [-0.25, -0.2) is 0 Å². The lowest BCUT2D eigenvalue weighted by Crippen LogP contribution is -2.28. The Labute approximate surface area is 154 Å². The highest BCUT2D eigenvalue weighted by molar-refractivity contribution is 6.04. The summed E-state index contributed by atoms with van der Waals surface area (Å²) in [5.74, 6) is -2.16. The SMILES string of the molecule is Cc1ccc(C)c(N2C[C@@H](C(=O)Nc3ccc(F)c([N+](=O)[O-])c3)CC2=O)c1. The van der Waals surface area contributed by atoms with Crippen molar-refractivity contribution in [3.8, 4) is 0 Å². The summed E-state index contributed by atoms with van der Waals surface area (Å²) in [6.07, 6.45) is 0.0441. The number of carbonyl (C=O) groups excluding carboxylic acids is 2. The van der Waals surface area contributed by atoms with Gasteiger partial charge >= 0.3 is 5.69 Å². The molecule has 3 rings (SSSR count). The molecule has 1 heterocycles. The first-order valence-electron chi connectivity index (χ1n) is 8.38. The number of carbonyl (C=O) groups is 2. The summed E-state index contributed by atoms with van der Waals surface area (Å²) >= 11 is 0. The topological polar surface area (TPSA) is 92.6 Å². The average molecular weight is 371 g/mol. The zero-order valence-electron chi connectivity index (χ0n) is 14.9. The molecule has 2 aromatic rings. The zero-order valence-corrected chi connectivity index (χ0v) is 14.9. The van der Waals surface area contributed by atoms with Crippen LogP contribution in [0, 0.1) is 35.7 Å². The van der Waals surface area contributed by atoms with E-state index in [1.165, 1.54) is 6.07 Å². The third kappa shape index (κ3) is 3.79. The van der Waals surface area contributed by atoms with Gasteiger partial charge in [-0.05, 0) is 43.2 Å². The lowest BCUT2D eigenvalue weighted by atomic mass is 10.1. The van der Waals surface area contributed by atoms with Crippen LogP contribution >= 0.6 is 0 Å². The van der Waals surface area contributed by atoms with Gasteiger partial charge in [0, 0.05) is 30.4 Å². The normalized spacial score (nSPS) is 16.5. The van der Waals surface area contributed by atoms with Crippen LogP contribution in [0.4, 0.5) is 21.5 Å². The second-order valence-electron chi connectivity index (χ2n) is 6.61. The maximum Gasteiger partial charge on any atom is 0.306 e. The molecule has 1 aliphatic rings. The van der Waals surface area contributed by atoms with Gasteiger partial charge in [0.05, 0.1) is 10.8 Å². The number of aryl methyl sites for hydroxylation is 2. The standard InChI is InChI=1S/C19H18FN3O4/c1-11-3-4-12(2)16(7-11)22-10-13(8-18(22)24)19(25)21-14-5-6-15(20)17(9-14)23(26)27/h3-7,9,13H,8,10H2,1-2H3,(H,21,25)/t13-/m0/s1. The van der Waals surface area contributed by atoms with Gasteiger partial charge in [-0.15, -0.1) is 0 Å². The van der Waals surface area contributed by atoms with Crippen LogP contribution in [0.3, 0.4) is 0 Å². The maximum absolute atomic E-state index is 13.4. The molecule has 140 valence electrons. The molecule has 8 heteroatoms. The third-order valence-corrected chi connectivity index (χ3v) is 4.56. The first kappa shape index (κ1) is 18.5. The summed E-state index contributed by atoms with van der Waals surface area (Å²) in [6.45, 7) is 4.04. The number of amides is 2. The van der Waals surface area contributed by atoms with Crippen LogP contribution in [0.2, 0.25) is 0 Å². The monoisotopic (exact) mass is 371 g/mol. The Hall–Kier alpha value is -3.29. The molecular formula is C19H18FN3O4. The van der Waals surface area contributed by atoms with Crippen LogP contribution in [-0.4, -0.2) is 23.3 Å². The van der Waals surface area contributed by atoms with Crippen molar-refractivity contribution in [2.24, 2.45) is 5.92 Å². The quantitative estimate of drug-likeness (QED) is 0.659. The number of hydrogen-bond donors (Lipinski definition) is 1. The number of hydrogen-bond acceptors (Lipinski definition) is 4. The molecule has 7 nitrogen and oxygen atoms in total. The van der Waals surface area contributed by atoms with Crippen molar-refractivity contribution in [2.45, 2.75) is 20.3 Å². The van der Waals surface area contributed by atoms with Crippen molar-refractivity contribution in [3.05, 3.63) is 63.5 Å². The van der Waals surface area contributed by atoms with E-state index < -0.39 is 28.3 Å². The van der Waals surface area contributed by atoms with Crippen molar-refractivity contribution >= 4 is 28.9 Å². The Balaban J connectivity index is 1.75. The highest BCUT2D eigenvalue weighted by atomic mass is 19.1. The van der Waals surface area contributed by atoms with Crippen LogP contribution in [0.15, 0.2) is 36.4 Å². The van der Waals surface area contributed by atoms with Gasteiger partial charge in [0.25, 0.3) is 0 Å². The van der Waals surface area contributed by atoms with Crippen LogP contribution in [0.1, 0.15) is 17.5 Å². The average Bonchev–Trinajstić information content (AvgIpc) is 3.00. The molecule has 0 saturated carbocycles. The van der Waals surface area contributed by atoms with Gasteiger partial charge in [0.1, 0.15) is 0 Å². The molecule has 27 heavy (non-hydrogen) atoms. The number of rotatable bonds is 4. The van der Waals surface area contributed by atoms with Crippen molar-refractivity contribution in [3.63, 3.8) is 0 Å². The van der Waals surface area contributed by atoms with Gasteiger partial charge in [-0.3, -0.25) is 19.7 Å². The van der Waals surface area contributed by atoms with Crippen molar-refractivity contribution < 1.29 is 18.9 Å². The summed E-state index contributed by atoms with van der Waals surface area (Å²) in [6, 6.07) is 8.91. The molecule has 0 bridgehead atoms. The molecule has 1 N–H and O–H groups in total. The van der Waals surface area contributed by atoms with Gasteiger partial charge in [0.2, 0.25) is 17.6 Å². The van der Waals surface area contributed by atoms with Gasteiger partial charge in [-0.2, -0.15) is 4.39 Å². The summed E-state index contributed by atoms with van der Waals surface area (Å²) in [7, 11) is 0. The van der Waals surface area contributed by atoms with Crippen LogP contribution in [0.25, 0.3) is 0 Å². The third-order valence-electron chi connectivity index (χ3n) is 4.56. The molecule has 2 amide bonds. The fourth-order valence-corrected chi connectivity index (χ4v) is 3.10. The molecule has 2 aromatic carbocycles. The van der Waals surface area contributed by atoms with Crippen molar-refractivity contribution in [1.29, 1.82) is 0 Å². The van der Waals surface area contributed by atoms with E-state index in [0.29, 0.717) is 0 Å². The van der Waals surface area contributed by atoms with Gasteiger partial charge in [-0.1, -0.05) is 12.1 Å². The lowest BCUT2D eigenvalue weighted by molar-refractivity contribution is -0.387. The van der Waals surface area contributed by atoms with Gasteiger partial charge < -0.3 is 10.2 Å². The highest BCUT2D eigenvalue weighted by Gasteiger charge is 2.36. The Morgan fingerprint density at radius 3 is 2.70 bits per heavy atom. The molecular weight excluding hydrogens is 353 g/mol. The first-order chi connectivity index (χ1) is 12.8. The molecule has 1 aliphatic heterocycles. The summed E-state index contributed by atoms with van der Waals surface area (Å²) < 4.78 is 13.4. The minimum atomic E-state index is -0.977. The number of nitro benzene ring substituents is 1. The number of anilines is 2. The molecule has 0 aromatic heterocycles. The predicted octanol–water partition coefficient (Wildman–Crippen LogP) is 3.34. The molecule has 0 unspecified atom stereocenters. The van der Waals surface area contributed by atoms with E-state index in [4.69, 9.17) is 0 Å². The smallest absolute Gasteiger partial charge is 0.306 e. The van der Waals surface area contributed by atoms with E-state index in [1.807, 2.05) is 32.0 Å². The van der Waals surface area contributed by atoms with E-state index >= 15 is 0 Å². The first-order valence-corrected chi connectivity index (χ1v) is 8.38. The van der Waals surface area contributed by atoms with E-state index in [1.54, 1.807) is 4.90 Å². The summed E-state index contributed by atoms with van der Waals surface area (Å²) in [4.78, 5) is 36.5. The Morgan fingerprint density at radius 2 is 2.00 bits per heavy atom. The number of nitrogens with zero attached hydrogens (tertiary/aromatic N) is 2. The Morgan fingerprint density at radius 1 is 1.26 bits per heavy atom. The zero-order chi connectivity index (χ0) is 19.7. The second-order valence-corrected chi connectivity index (χ2v) is 6.61. The van der Waals surface area contributed by atoms with E-state index in [0.717, 1.165) is 28.9 Å². The number of benzene rings is 2. The lowest BCUT2D eigenvalue weighted by Gasteiger charge is -2.19. The fourth-order valence-electron chi connectivity index (χ4n) is 3.10. The summed E-state index contributed by atoms with van der Waals surface area (Å²) in [5, 5.41) is 13.4. The molecule has 0 radical (unpaired) electrons. The molecule has 0 aliphatic carbocycles. The predicted molar refractivity (Wildman–Crippen MR) is 98.1 cm³/mol. The summed E-state index contributed by atoms with van der Waals surface area (Å²) in [5.41, 5.74) is 2.12. The van der Waals surface area contributed by atoms with Crippen LogP contribution < -0.4 is 10.2 Å². The number of nitrogens with one attached hydrogen (secondary N) is 1. The largest absolute Gasteiger partial charge is 0.326 e.